The van der Waals surface area contributed by atoms with Crippen LogP contribution in [0.4, 0.5) is 8.78 Å². The van der Waals surface area contributed by atoms with Crippen LogP contribution in [0.5, 0.6) is 0 Å². The minimum atomic E-state index is -2.44. The fourth-order valence-electron chi connectivity index (χ4n) is 0.826. The van der Waals surface area contributed by atoms with Gasteiger partial charge in [0.2, 0.25) is 0 Å². The van der Waals surface area contributed by atoms with Gasteiger partial charge in [-0.15, -0.1) is 0 Å². The van der Waals surface area contributed by atoms with E-state index in [2.05, 4.69) is 22.9 Å². The van der Waals surface area contributed by atoms with Gasteiger partial charge in [-0.05, 0) is 0 Å². The predicted molar refractivity (Wildman–Crippen MR) is 53.0 cm³/mol. The van der Waals surface area contributed by atoms with E-state index in [9.17, 15) is 8.78 Å². The molecule has 10 heavy (non-hydrogen) atoms. The molecule has 0 amide bonds. The second-order valence-electron chi connectivity index (χ2n) is 2.35. The molecule has 1 aliphatic heterocycles. The first-order chi connectivity index (χ1) is 4.52. The molecule has 0 unspecified atom stereocenters. The normalized spacial score (nSPS) is 34.2. The third-order valence-electron chi connectivity index (χ3n) is 1.50. The summed E-state index contributed by atoms with van der Waals surface area (Å²) in [7, 11) is 0. The molecule has 1 heterocycles. The van der Waals surface area contributed by atoms with E-state index >= 15 is 0 Å². The molecule has 1 aliphatic rings. The molecule has 60 valence electrons. The summed E-state index contributed by atoms with van der Waals surface area (Å²) < 4.78 is 26.9. The van der Waals surface area contributed by atoms with E-state index in [1.165, 1.54) is 0 Å². The molecule has 0 spiro atoms. The van der Waals surface area contributed by atoms with Crippen molar-refractivity contribution in [1.29, 1.82) is 0 Å². The van der Waals surface area contributed by atoms with Crippen LogP contribution in [0.25, 0.3) is 0 Å². The molecular weight excluding hydrogens is 366 g/mol. The zero-order valence-electron chi connectivity index (χ0n) is 5.16. The van der Waals surface area contributed by atoms with E-state index in [0.29, 0.717) is 13.1 Å². The average molecular weight is 373 g/mol. The Morgan fingerprint density at radius 2 is 2.10 bits per heavy atom. The molecule has 1 fully saturated rings. The van der Waals surface area contributed by atoms with Crippen molar-refractivity contribution in [2.45, 2.75) is 16.3 Å². The van der Waals surface area contributed by atoms with Crippen LogP contribution >= 0.6 is 45.5 Å². The Labute approximate surface area is 86.2 Å². The summed E-state index contributed by atoms with van der Waals surface area (Å²) in [6.45, 7) is 1.00. The van der Waals surface area contributed by atoms with Crippen molar-refractivity contribution in [3.8, 4) is 0 Å². The standard InChI is InChI=1S/C5H7F2I2N/c6-5(7)1-2-10(9)3-4(5)8/h4H,1-3H2/t4-/m0/s1. The van der Waals surface area contributed by atoms with Crippen LogP contribution in [0.1, 0.15) is 6.42 Å². The van der Waals surface area contributed by atoms with Gasteiger partial charge in [0, 0.05) is 42.4 Å². The summed E-state index contributed by atoms with van der Waals surface area (Å²) >= 11 is 3.90. The lowest BCUT2D eigenvalue weighted by molar-refractivity contribution is -0.0259. The third kappa shape index (κ3) is 2.13. The predicted octanol–water partition coefficient (Wildman–Crippen LogP) is 2.48. The van der Waals surface area contributed by atoms with Crippen molar-refractivity contribution in [1.82, 2.24) is 3.11 Å². The first-order valence-corrected chi connectivity index (χ1v) is 5.16. The molecule has 1 nitrogen and oxygen atoms in total. The summed E-state index contributed by atoms with van der Waals surface area (Å²) in [5, 5.41) is 0. The van der Waals surface area contributed by atoms with Gasteiger partial charge in [0.05, 0.1) is 3.92 Å². The van der Waals surface area contributed by atoms with Crippen molar-refractivity contribution in [3.63, 3.8) is 0 Å². The Hall–Kier alpha value is 1.28. The minimum absolute atomic E-state index is 0.00352. The number of halogens is 4. The van der Waals surface area contributed by atoms with Crippen molar-refractivity contribution in [2.24, 2.45) is 0 Å². The SMILES string of the molecule is FC1(F)CCN(I)C[C@@H]1I. The lowest BCUT2D eigenvalue weighted by Gasteiger charge is -2.31. The van der Waals surface area contributed by atoms with Gasteiger partial charge in [-0.3, -0.25) is 0 Å². The van der Waals surface area contributed by atoms with Crippen LogP contribution in [0.2, 0.25) is 0 Å². The quantitative estimate of drug-likeness (QED) is 0.359. The first kappa shape index (κ1) is 9.37. The van der Waals surface area contributed by atoms with Crippen molar-refractivity contribution >= 4 is 45.5 Å². The Morgan fingerprint density at radius 3 is 2.50 bits per heavy atom. The van der Waals surface area contributed by atoms with E-state index < -0.39 is 9.85 Å². The van der Waals surface area contributed by atoms with Crippen molar-refractivity contribution < 1.29 is 8.78 Å². The van der Waals surface area contributed by atoms with Crippen LogP contribution in [-0.2, 0) is 0 Å². The van der Waals surface area contributed by atoms with E-state index in [1.54, 1.807) is 0 Å². The molecule has 0 aromatic heterocycles. The van der Waals surface area contributed by atoms with Crippen molar-refractivity contribution in [2.75, 3.05) is 13.1 Å². The highest BCUT2D eigenvalue weighted by molar-refractivity contribution is 14.1. The number of nitrogens with zero attached hydrogens (tertiary/aromatic N) is 1. The maximum absolute atomic E-state index is 12.7. The highest BCUT2D eigenvalue weighted by atomic mass is 127. The topological polar surface area (TPSA) is 3.24 Å². The van der Waals surface area contributed by atoms with Crippen LogP contribution < -0.4 is 0 Å². The highest BCUT2D eigenvalue weighted by Crippen LogP contribution is 2.34. The number of rotatable bonds is 0. The lowest BCUT2D eigenvalue weighted by atomic mass is 10.1. The van der Waals surface area contributed by atoms with Crippen LogP contribution in [-0.4, -0.2) is 26.0 Å². The number of hydrogen-bond acceptors (Lipinski definition) is 1. The fraction of sp³-hybridized carbons (Fsp3) is 1.00. The second-order valence-corrected chi connectivity index (χ2v) is 5.22. The Kier molecular flexibility index (Phi) is 3.13. The average Bonchev–Trinajstić information content (AvgIpc) is 1.81. The van der Waals surface area contributed by atoms with Gasteiger partial charge in [0.25, 0.3) is 5.92 Å². The third-order valence-corrected chi connectivity index (χ3v) is 3.69. The first-order valence-electron chi connectivity index (χ1n) is 2.95. The van der Waals surface area contributed by atoms with Crippen molar-refractivity contribution in [3.05, 3.63) is 0 Å². The largest absolute Gasteiger partial charge is 0.262 e. The maximum atomic E-state index is 12.7. The van der Waals surface area contributed by atoms with Crippen LogP contribution in [0, 0.1) is 0 Å². The fourth-order valence-corrected chi connectivity index (χ4v) is 3.00. The number of alkyl halides is 3. The smallest absolute Gasteiger partial charge is 0.246 e. The Morgan fingerprint density at radius 1 is 1.50 bits per heavy atom. The lowest BCUT2D eigenvalue weighted by Crippen LogP contribution is -2.43. The molecule has 1 rings (SSSR count). The molecule has 0 aromatic carbocycles. The Balaban J connectivity index is 2.52. The highest BCUT2D eigenvalue weighted by Gasteiger charge is 2.41. The number of piperidine rings is 1. The minimum Gasteiger partial charge on any atom is -0.246 e. The molecule has 0 radical (unpaired) electrons. The molecule has 0 aromatic rings. The van der Waals surface area contributed by atoms with Crippen LogP contribution in [0.3, 0.4) is 0 Å². The zero-order valence-corrected chi connectivity index (χ0v) is 9.47. The van der Waals surface area contributed by atoms with Gasteiger partial charge in [-0.1, -0.05) is 22.6 Å². The maximum Gasteiger partial charge on any atom is 0.262 e. The van der Waals surface area contributed by atoms with Crippen LogP contribution in [0.15, 0.2) is 0 Å². The van der Waals surface area contributed by atoms with E-state index in [1.807, 2.05) is 25.7 Å². The molecular formula is C5H7F2I2N. The molecule has 0 aliphatic carbocycles. The monoisotopic (exact) mass is 373 g/mol. The van der Waals surface area contributed by atoms with Gasteiger partial charge in [0.1, 0.15) is 0 Å². The summed E-state index contributed by atoms with van der Waals surface area (Å²) in [5.74, 6) is -2.44. The molecule has 0 N–H and O–H groups in total. The molecule has 0 bridgehead atoms. The summed E-state index contributed by atoms with van der Waals surface area (Å²) in [6.07, 6.45) is 0.00352. The summed E-state index contributed by atoms with van der Waals surface area (Å²) in [4.78, 5) is 0. The Bertz CT molecular complexity index is 131. The molecule has 0 saturated carbocycles. The second kappa shape index (κ2) is 3.34. The summed E-state index contributed by atoms with van der Waals surface area (Å²) in [5.41, 5.74) is 0. The molecule has 1 atom stereocenters. The van der Waals surface area contributed by atoms with Gasteiger partial charge in [-0.25, -0.2) is 11.9 Å². The van der Waals surface area contributed by atoms with Gasteiger partial charge in [0.15, 0.2) is 0 Å². The van der Waals surface area contributed by atoms with Gasteiger partial charge < -0.3 is 0 Å². The van der Waals surface area contributed by atoms with E-state index in [0.717, 1.165) is 0 Å². The summed E-state index contributed by atoms with van der Waals surface area (Å²) in [6, 6.07) is 0. The van der Waals surface area contributed by atoms with Gasteiger partial charge in [-0.2, -0.15) is 0 Å². The number of hydrogen-bond donors (Lipinski definition) is 0. The molecule has 1 saturated heterocycles. The van der Waals surface area contributed by atoms with E-state index in [-0.39, 0.29) is 6.42 Å². The van der Waals surface area contributed by atoms with E-state index in [4.69, 9.17) is 0 Å². The zero-order chi connectivity index (χ0) is 7.78. The molecule has 5 heteroatoms. The van der Waals surface area contributed by atoms with Gasteiger partial charge >= 0.3 is 0 Å².